The van der Waals surface area contributed by atoms with E-state index in [1.807, 2.05) is 12.3 Å². The van der Waals surface area contributed by atoms with Gasteiger partial charge in [0.15, 0.2) is 0 Å². The summed E-state index contributed by atoms with van der Waals surface area (Å²) in [5, 5.41) is 8.80. The lowest BCUT2D eigenvalue weighted by molar-refractivity contribution is -0.138. The van der Waals surface area contributed by atoms with Crippen molar-refractivity contribution in [3.63, 3.8) is 0 Å². The third kappa shape index (κ3) is 3.29. The lowest BCUT2D eigenvalue weighted by atomic mass is 9.92. The number of hydrogen-bond donors (Lipinski definition) is 1. The Morgan fingerprint density at radius 2 is 2.28 bits per heavy atom. The lowest BCUT2D eigenvalue weighted by Gasteiger charge is -2.35. The van der Waals surface area contributed by atoms with Gasteiger partial charge < -0.3 is 5.11 Å². The fourth-order valence-electron chi connectivity index (χ4n) is 2.63. The number of carbonyl (C=O) groups is 1. The fourth-order valence-corrected chi connectivity index (χ4v) is 2.63. The van der Waals surface area contributed by atoms with E-state index in [-0.39, 0.29) is 0 Å². The number of piperidine rings is 1. The molecule has 98 valence electrons. The van der Waals surface area contributed by atoms with Crippen molar-refractivity contribution in [1.29, 1.82) is 0 Å². The van der Waals surface area contributed by atoms with Crippen LogP contribution in [-0.2, 0) is 4.79 Å². The van der Waals surface area contributed by atoms with Crippen molar-refractivity contribution in [3.05, 3.63) is 30.1 Å². The minimum absolute atomic E-state index is 0.315. The highest BCUT2D eigenvalue weighted by Gasteiger charge is 2.24. The molecule has 0 aromatic carbocycles. The first-order chi connectivity index (χ1) is 8.66. The van der Waals surface area contributed by atoms with Gasteiger partial charge in [-0.05, 0) is 50.4 Å². The molecule has 2 rings (SSSR count). The minimum atomic E-state index is -0.672. The maximum Gasteiger partial charge on any atom is 0.303 e. The Kier molecular flexibility index (Phi) is 4.31. The zero-order valence-corrected chi connectivity index (χ0v) is 10.7. The van der Waals surface area contributed by atoms with Gasteiger partial charge in [-0.25, -0.2) is 0 Å². The van der Waals surface area contributed by atoms with Crippen LogP contribution in [0.2, 0.25) is 0 Å². The van der Waals surface area contributed by atoms with Crippen LogP contribution in [0.1, 0.15) is 37.8 Å². The highest BCUT2D eigenvalue weighted by molar-refractivity contribution is 5.67. The van der Waals surface area contributed by atoms with Gasteiger partial charge in [-0.3, -0.25) is 14.7 Å². The molecule has 0 saturated carbocycles. The number of aromatic nitrogens is 1. The maximum atomic E-state index is 10.7. The first kappa shape index (κ1) is 13.0. The molecule has 0 radical (unpaired) electrons. The molecule has 2 heterocycles. The molecule has 0 spiro atoms. The molecule has 1 aromatic heterocycles. The van der Waals surface area contributed by atoms with Crippen molar-refractivity contribution in [2.45, 2.75) is 32.2 Å². The first-order valence-electron chi connectivity index (χ1n) is 6.52. The third-order valence-electron chi connectivity index (χ3n) is 3.83. The maximum absolute atomic E-state index is 10.7. The van der Waals surface area contributed by atoms with E-state index in [1.54, 1.807) is 6.20 Å². The number of rotatable bonds is 4. The largest absolute Gasteiger partial charge is 0.481 e. The van der Waals surface area contributed by atoms with Crippen molar-refractivity contribution in [2.24, 2.45) is 5.92 Å². The van der Waals surface area contributed by atoms with Gasteiger partial charge in [0.05, 0.1) is 0 Å². The van der Waals surface area contributed by atoms with Crippen molar-refractivity contribution < 1.29 is 9.90 Å². The third-order valence-corrected chi connectivity index (χ3v) is 3.83. The van der Waals surface area contributed by atoms with Crippen LogP contribution in [0, 0.1) is 5.92 Å². The molecule has 1 aliphatic heterocycles. The Bertz CT molecular complexity index is 386. The number of likely N-dealkylation sites (tertiary alicyclic amines) is 1. The van der Waals surface area contributed by atoms with E-state index in [1.165, 1.54) is 5.56 Å². The highest BCUT2D eigenvalue weighted by atomic mass is 16.4. The van der Waals surface area contributed by atoms with Gasteiger partial charge in [0.25, 0.3) is 0 Å². The van der Waals surface area contributed by atoms with E-state index in [4.69, 9.17) is 5.11 Å². The van der Waals surface area contributed by atoms with Crippen LogP contribution in [0.4, 0.5) is 0 Å². The molecule has 4 nitrogen and oxygen atoms in total. The van der Waals surface area contributed by atoms with Crippen LogP contribution in [0.3, 0.4) is 0 Å². The Hall–Kier alpha value is -1.42. The summed E-state index contributed by atoms with van der Waals surface area (Å²) in [6, 6.07) is 4.42. The standard InChI is InChI=1S/C14H20N2O2/c1-11(13-3-2-6-15-10-13)16-7-4-12(5-8-16)9-14(17)18/h2-3,6,10-12H,4-5,7-9H2,1H3,(H,17,18). The fraction of sp³-hybridized carbons (Fsp3) is 0.571. The predicted octanol–water partition coefficient (Wildman–Crippen LogP) is 2.33. The number of carboxylic acids is 1. The second-order valence-corrected chi connectivity index (χ2v) is 5.04. The molecule has 1 saturated heterocycles. The Morgan fingerprint density at radius 3 is 2.83 bits per heavy atom. The van der Waals surface area contributed by atoms with Crippen molar-refractivity contribution in [3.8, 4) is 0 Å². The summed E-state index contributed by atoms with van der Waals surface area (Å²) in [5.74, 6) is -0.325. The van der Waals surface area contributed by atoms with Gasteiger partial charge >= 0.3 is 5.97 Å². The van der Waals surface area contributed by atoms with E-state index in [2.05, 4.69) is 22.9 Å². The van der Waals surface area contributed by atoms with E-state index in [0.717, 1.165) is 25.9 Å². The second kappa shape index (κ2) is 5.96. The topological polar surface area (TPSA) is 53.4 Å². The molecular formula is C14H20N2O2. The zero-order valence-electron chi connectivity index (χ0n) is 10.7. The normalized spacial score (nSPS) is 19.6. The molecule has 0 bridgehead atoms. The molecule has 1 atom stereocenters. The van der Waals surface area contributed by atoms with Gasteiger partial charge in [0.2, 0.25) is 0 Å². The van der Waals surface area contributed by atoms with Crippen LogP contribution < -0.4 is 0 Å². The van der Waals surface area contributed by atoms with Crippen molar-refractivity contribution >= 4 is 5.97 Å². The van der Waals surface area contributed by atoms with E-state index < -0.39 is 5.97 Å². The summed E-state index contributed by atoms with van der Waals surface area (Å²) in [7, 11) is 0. The number of nitrogens with zero attached hydrogens (tertiary/aromatic N) is 2. The summed E-state index contributed by atoms with van der Waals surface area (Å²) in [4.78, 5) is 17.2. The van der Waals surface area contributed by atoms with E-state index in [0.29, 0.717) is 18.4 Å². The van der Waals surface area contributed by atoms with Gasteiger partial charge in [-0.2, -0.15) is 0 Å². The number of carboxylic acid groups (broad SMARTS) is 1. The van der Waals surface area contributed by atoms with Gasteiger partial charge in [0.1, 0.15) is 0 Å². The van der Waals surface area contributed by atoms with Crippen LogP contribution in [0.25, 0.3) is 0 Å². The molecular weight excluding hydrogens is 228 g/mol. The van der Waals surface area contributed by atoms with Crippen LogP contribution in [0.5, 0.6) is 0 Å². The average Bonchev–Trinajstić information content (AvgIpc) is 2.39. The molecule has 1 N–H and O–H groups in total. The summed E-state index contributed by atoms with van der Waals surface area (Å²) < 4.78 is 0. The van der Waals surface area contributed by atoms with Crippen molar-refractivity contribution in [1.82, 2.24) is 9.88 Å². The SMILES string of the molecule is CC(c1cccnc1)N1CCC(CC(=O)O)CC1. The van der Waals surface area contributed by atoms with Crippen LogP contribution in [0.15, 0.2) is 24.5 Å². The molecule has 18 heavy (non-hydrogen) atoms. The average molecular weight is 248 g/mol. The summed E-state index contributed by atoms with van der Waals surface area (Å²) in [6.07, 6.45) is 5.98. The number of pyridine rings is 1. The quantitative estimate of drug-likeness (QED) is 0.888. The molecule has 1 unspecified atom stereocenters. The first-order valence-corrected chi connectivity index (χ1v) is 6.52. The molecule has 0 aliphatic carbocycles. The van der Waals surface area contributed by atoms with Gasteiger partial charge in [-0.1, -0.05) is 6.07 Å². The molecule has 1 aromatic rings. The van der Waals surface area contributed by atoms with Crippen molar-refractivity contribution in [2.75, 3.05) is 13.1 Å². The molecule has 1 fully saturated rings. The molecule has 4 heteroatoms. The summed E-state index contributed by atoms with van der Waals surface area (Å²) in [6.45, 7) is 4.15. The minimum Gasteiger partial charge on any atom is -0.481 e. The lowest BCUT2D eigenvalue weighted by Crippen LogP contribution is -2.36. The summed E-state index contributed by atoms with van der Waals surface area (Å²) in [5.41, 5.74) is 1.23. The predicted molar refractivity (Wildman–Crippen MR) is 69.2 cm³/mol. The number of hydrogen-bond acceptors (Lipinski definition) is 3. The monoisotopic (exact) mass is 248 g/mol. The van der Waals surface area contributed by atoms with E-state index in [9.17, 15) is 4.79 Å². The van der Waals surface area contributed by atoms with Gasteiger partial charge in [-0.15, -0.1) is 0 Å². The summed E-state index contributed by atoms with van der Waals surface area (Å²) >= 11 is 0. The highest BCUT2D eigenvalue weighted by Crippen LogP contribution is 2.27. The Morgan fingerprint density at radius 1 is 1.56 bits per heavy atom. The Labute approximate surface area is 108 Å². The molecule has 0 amide bonds. The van der Waals surface area contributed by atoms with Crippen LogP contribution in [-0.4, -0.2) is 34.0 Å². The second-order valence-electron chi connectivity index (χ2n) is 5.04. The zero-order chi connectivity index (χ0) is 13.0. The molecule has 1 aliphatic rings. The van der Waals surface area contributed by atoms with Crippen LogP contribution >= 0.6 is 0 Å². The van der Waals surface area contributed by atoms with Gasteiger partial charge in [0, 0.05) is 24.9 Å². The smallest absolute Gasteiger partial charge is 0.303 e. The number of aliphatic carboxylic acids is 1. The van der Waals surface area contributed by atoms with E-state index >= 15 is 0 Å². The Balaban J connectivity index is 1.88.